The first-order valence-electron chi connectivity index (χ1n) is 6.81. The fourth-order valence-electron chi connectivity index (χ4n) is 2.79. The largest absolute Gasteiger partial charge is 0.241 e. The molecule has 0 amide bonds. The molecule has 110 valence electrons. The first-order valence-corrected chi connectivity index (χ1v) is 9.08. The second-order valence-electron chi connectivity index (χ2n) is 5.40. The van der Waals surface area contributed by atoms with E-state index in [4.69, 9.17) is 0 Å². The number of nitrogens with one attached hydrogen (secondary N) is 1. The molecule has 21 heavy (non-hydrogen) atoms. The topological polar surface area (TPSA) is 46.2 Å². The maximum atomic E-state index is 12.6. The van der Waals surface area contributed by atoms with Crippen LogP contribution in [0.5, 0.6) is 0 Å². The van der Waals surface area contributed by atoms with Crippen molar-refractivity contribution in [2.24, 2.45) is 0 Å². The SMILES string of the molecule is Cc1ccc(Br)cc1S(=O)(=O)NC1Cc2ccccc2C1. The fourth-order valence-corrected chi connectivity index (χ4v) is 4.81. The van der Waals surface area contributed by atoms with Crippen molar-refractivity contribution < 1.29 is 8.42 Å². The molecule has 0 heterocycles. The van der Waals surface area contributed by atoms with Crippen LogP contribution in [0.2, 0.25) is 0 Å². The third kappa shape index (κ3) is 3.05. The average Bonchev–Trinajstić information content (AvgIpc) is 2.82. The lowest BCUT2D eigenvalue weighted by molar-refractivity contribution is 0.555. The summed E-state index contributed by atoms with van der Waals surface area (Å²) in [5, 5.41) is 0. The van der Waals surface area contributed by atoms with E-state index >= 15 is 0 Å². The molecule has 0 saturated heterocycles. The molecule has 2 aromatic rings. The molecule has 0 aliphatic heterocycles. The van der Waals surface area contributed by atoms with Gasteiger partial charge in [-0.2, -0.15) is 0 Å². The van der Waals surface area contributed by atoms with Crippen molar-refractivity contribution in [2.75, 3.05) is 0 Å². The van der Waals surface area contributed by atoms with Crippen LogP contribution in [0.1, 0.15) is 16.7 Å². The minimum atomic E-state index is -3.49. The molecular weight excluding hydrogens is 350 g/mol. The van der Waals surface area contributed by atoms with E-state index in [1.165, 1.54) is 11.1 Å². The molecule has 0 saturated carbocycles. The van der Waals surface area contributed by atoms with Crippen LogP contribution in [-0.4, -0.2) is 14.5 Å². The zero-order valence-electron chi connectivity index (χ0n) is 11.6. The Hall–Kier alpha value is -1.17. The van der Waals surface area contributed by atoms with Gasteiger partial charge in [0, 0.05) is 10.5 Å². The maximum Gasteiger partial charge on any atom is 0.241 e. The molecule has 0 atom stereocenters. The fraction of sp³-hybridized carbons (Fsp3) is 0.250. The molecule has 1 N–H and O–H groups in total. The van der Waals surface area contributed by atoms with E-state index in [0.29, 0.717) is 4.90 Å². The zero-order valence-corrected chi connectivity index (χ0v) is 14.0. The number of sulfonamides is 1. The molecule has 5 heteroatoms. The van der Waals surface area contributed by atoms with E-state index in [9.17, 15) is 8.42 Å². The summed E-state index contributed by atoms with van der Waals surface area (Å²) >= 11 is 3.33. The van der Waals surface area contributed by atoms with Crippen LogP contribution < -0.4 is 4.72 Å². The number of benzene rings is 2. The van der Waals surface area contributed by atoms with Crippen molar-refractivity contribution in [2.45, 2.75) is 30.7 Å². The molecule has 0 bridgehead atoms. The molecule has 0 unspecified atom stereocenters. The lowest BCUT2D eigenvalue weighted by Crippen LogP contribution is -2.35. The summed E-state index contributed by atoms with van der Waals surface area (Å²) in [7, 11) is -3.49. The second kappa shape index (κ2) is 5.55. The van der Waals surface area contributed by atoms with Crippen LogP contribution in [0, 0.1) is 6.92 Å². The van der Waals surface area contributed by atoms with Crippen molar-refractivity contribution in [1.82, 2.24) is 4.72 Å². The van der Waals surface area contributed by atoms with Gasteiger partial charge in [-0.1, -0.05) is 46.3 Å². The molecule has 0 aromatic heterocycles. The molecule has 0 radical (unpaired) electrons. The third-order valence-corrected chi connectivity index (χ3v) is 5.97. The lowest BCUT2D eigenvalue weighted by Gasteiger charge is -2.14. The molecule has 0 spiro atoms. The predicted octanol–water partition coefficient (Wildman–Crippen LogP) is 3.20. The van der Waals surface area contributed by atoms with E-state index in [2.05, 4.69) is 32.8 Å². The van der Waals surface area contributed by atoms with Gasteiger partial charge in [-0.25, -0.2) is 13.1 Å². The molecule has 1 aliphatic rings. The average molecular weight is 366 g/mol. The summed E-state index contributed by atoms with van der Waals surface area (Å²) in [6.07, 6.45) is 1.50. The summed E-state index contributed by atoms with van der Waals surface area (Å²) < 4.78 is 28.8. The highest BCUT2D eigenvalue weighted by atomic mass is 79.9. The second-order valence-corrected chi connectivity index (χ2v) is 8.00. The standard InChI is InChI=1S/C16H16BrNO2S/c1-11-6-7-14(17)10-16(11)21(19,20)18-15-8-12-4-2-3-5-13(12)9-15/h2-7,10,15,18H,8-9H2,1H3. The monoisotopic (exact) mass is 365 g/mol. The number of hydrogen-bond acceptors (Lipinski definition) is 2. The Balaban J connectivity index is 1.84. The molecule has 0 fully saturated rings. The van der Waals surface area contributed by atoms with Gasteiger partial charge in [-0.05, 0) is 48.6 Å². The summed E-state index contributed by atoms with van der Waals surface area (Å²) in [5.41, 5.74) is 3.22. The summed E-state index contributed by atoms with van der Waals surface area (Å²) in [6.45, 7) is 1.81. The van der Waals surface area contributed by atoms with Crippen molar-refractivity contribution in [1.29, 1.82) is 0 Å². The van der Waals surface area contributed by atoms with Crippen molar-refractivity contribution in [3.63, 3.8) is 0 Å². The number of hydrogen-bond donors (Lipinski definition) is 1. The van der Waals surface area contributed by atoms with Crippen molar-refractivity contribution >= 4 is 26.0 Å². The normalized spacial score (nSPS) is 15.1. The number of aryl methyl sites for hydroxylation is 1. The number of rotatable bonds is 3. The molecule has 3 nitrogen and oxygen atoms in total. The highest BCUT2D eigenvalue weighted by Crippen LogP contribution is 2.25. The van der Waals surface area contributed by atoms with Crippen LogP contribution in [0.25, 0.3) is 0 Å². The Labute approximate surface area is 133 Å². The van der Waals surface area contributed by atoms with Gasteiger partial charge in [0.1, 0.15) is 0 Å². The Morgan fingerprint density at radius 3 is 2.33 bits per heavy atom. The van der Waals surface area contributed by atoms with Gasteiger partial charge in [0.15, 0.2) is 0 Å². The zero-order chi connectivity index (χ0) is 15.0. The smallest absolute Gasteiger partial charge is 0.207 e. The first-order chi connectivity index (χ1) is 9.95. The highest BCUT2D eigenvalue weighted by molar-refractivity contribution is 9.10. The summed E-state index contributed by atoms with van der Waals surface area (Å²) in [4.78, 5) is 0.341. The predicted molar refractivity (Wildman–Crippen MR) is 86.8 cm³/mol. The Morgan fingerprint density at radius 2 is 1.71 bits per heavy atom. The molecule has 1 aliphatic carbocycles. The van der Waals surface area contributed by atoms with E-state index in [1.807, 2.05) is 31.2 Å². The van der Waals surface area contributed by atoms with E-state index < -0.39 is 10.0 Å². The van der Waals surface area contributed by atoms with Gasteiger partial charge in [0.2, 0.25) is 10.0 Å². The lowest BCUT2D eigenvalue weighted by atomic mass is 10.1. The van der Waals surface area contributed by atoms with E-state index in [0.717, 1.165) is 22.9 Å². The Morgan fingerprint density at radius 1 is 1.10 bits per heavy atom. The Bertz CT molecular complexity index is 762. The molecule has 3 rings (SSSR count). The maximum absolute atomic E-state index is 12.6. The van der Waals surface area contributed by atoms with Crippen LogP contribution >= 0.6 is 15.9 Å². The van der Waals surface area contributed by atoms with Gasteiger partial charge in [0.05, 0.1) is 4.90 Å². The van der Waals surface area contributed by atoms with Gasteiger partial charge in [0.25, 0.3) is 0 Å². The Kier molecular flexibility index (Phi) is 3.90. The van der Waals surface area contributed by atoms with Crippen molar-refractivity contribution in [3.8, 4) is 0 Å². The van der Waals surface area contributed by atoms with Crippen LogP contribution in [0.15, 0.2) is 51.8 Å². The summed E-state index contributed by atoms with van der Waals surface area (Å²) in [5.74, 6) is 0. The highest BCUT2D eigenvalue weighted by Gasteiger charge is 2.27. The number of fused-ring (bicyclic) bond motifs is 1. The van der Waals surface area contributed by atoms with Crippen molar-refractivity contribution in [3.05, 3.63) is 63.6 Å². The van der Waals surface area contributed by atoms with E-state index in [1.54, 1.807) is 6.07 Å². The van der Waals surface area contributed by atoms with Gasteiger partial charge in [-0.15, -0.1) is 0 Å². The van der Waals surface area contributed by atoms with Crippen LogP contribution in [0.4, 0.5) is 0 Å². The first kappa shape index (κ1) is 14.8. The van der Waals surface area contributed by atoms with Gasteiger partial charge in [-0.3, -0.25) is 0 Å². The molecular formula is C16H16BrNO2S. The quantitative estimate of drug-likeness (QED) is 0.907. The van der Waals surface area contributed by atoms with Crippen LogP contribution in [0.3, 0.4) is 0 Å². The molecule has 2 aromatic carbocycles. The van der Waals surface area contributed by atoms with E-state index in [-0.39, 0.29) is 6.04 Å². The summed E-state index contributed by atoms with van der Waals surface area (Å²) in [6, 6.07) is 13.4. The van der Waals surface area contributed by atoms with Gasteiger partial charge >= 0.3 is 0 Å². The number of halogens is 1. The minimum absolute atomic E-state index is 0.0641. The third-order valence-electron chi connectivity index (χ3n) is 3.81. The van der Waals surface area contributed by atoms with Crippen LogP contribution in [-0.2, 0) is 22.9 Å². The van der Waals surface area contributed by atoms with Gasteiger partial charge < -0.3 is 0 Å². The minimum Gasteiger partial charge on any atom is -0.207 e.